The molecule has 0 bridgehead atoms. The van der Waals surface area contributed by atoms with E-state index in [0.717, 1.165) is 38.2 Å². The Kier molecular flexibility index (Phi) is 6.19. The molecule has 5 nitrogen and oxygen atoms in total. The Morgan fingerprint density at radius 3 is 2.62 bits per heavy atom. The van der Waals surface area contributed by atoms with Gasteiger partial charge in [-0.1, -0.05) is 29.3 Å². The predicted octanol–water partition coefficient (Wildman–Crippen LogP) is 4.01. The summed E-state index contributed by atoms with van der Waals surface area (Å²) in [6.45, 7) is 5.38. The number of anilines is 2. The normalized spacial score (nSPS) is 15.1. The van der Waals surface area contributed by atoms with Crippen LogP contribution in [0.4, 0.5) is 10.7 Å². The second kappa shape index (κ2) is 8.39. The molecule has 26 heavy (non-hydrogen) atoms. The van der Waals surface area contributed by atoms with Crippen LogP contribution < -0.4 is 4.90 Å². The number of carbonyl (C=O) groups is 2. The number of rotatable bonds is 5. The molecule has 0 aliphatic carbocycles. The zero-order valence-corrected chi connectivity index (χ0v) is 16.7. The Morgan fingerprint density at radius 2 is 2.00 bits per heavy atom. The molecule has 8 heteroatoms. The fourth-order valence-electron chi connectivity index (χ4n) is 2.95. The van der Waals surface area contributed by atoms with Crippen LogP contribution in [-0.4, -0.2) is 48.3 Å². The molecular formula is C18H19Cl2N3O2S. The van der Waals surface area contributed by atoms with Crippen molar-refractivity contribution in [3.8, 4) is 0 Å². The van der Waals surface area contributed by atoms with Gasteiger partial charge in [-0.2, -0.15) is 0 Å². The van der Waals surface area contributed by atoms with Gasteiger partial charge in [0.1, 0.15) is 5.00 Å². The van der Waals surface area contributed by atoms with Crippen molar-refractivity contribution in [2.45, 2.75) is 13.5 Å². The third-order valence-electron chi connectivity index (χ3n) is 4.40. The van der Waals surface area contributed by atoms with Crippen LogP contribution in [0.25, 0.3) is 0 Å². The first-order valence-corrected chi connectivity index (χ1v) is 9.87. The Bertz CT molecular complexity index is 803. The number of hydrogen-bond donors (Lipinski definition) is 0. The molecule has 2 aromatic rings. The first kappa shape index (κ1) is 19.2. The van der Waals surface area contributed by atoms with Crippen LogP contribution in [0, 0.1) is 0 Å². The monoisotopic (exact) mass is 411 g/mol. The van der Waals surface area contributed by atoms with Gasteiger partial charge in [0.2, 0.25) is 12.3 Å². The highest BCUT2D eigenvalue weighted by molar-refractivity contribution is 7.15. The Balaban J connectivity index is 1.73. The number of hydrogen-bond acceptors (Lipinski definition) is 4. The van der Waals surface area contributed by atoms with Crippen LogP contribution >= 0.6 is 34.5 Å². The van der Waals surface area contributed by atoms with E-state index < -0.39 is 0 Å². The van der Waals surface area contributed by atoms with Crippen molar-refractivity contribution in [3.63, 3.8) is 0 Å². The first-order valence-electron chi connectivity index (χ1n) is 8.23. The van der Waals surface area contributed by atoms with Crippen LogP contribution in [-0.2, 0) is 16.1 Å². The lowest BCUT2D eigenvalue weighted by molar-refractivity contribution is -0.130. The van der Waals surface area contributed by atoms with Crippen molar-refractivity contribution in [1.29, 1.82) is 0 Å². The van der Waals surface area contributed by atoms with E-state index in [4.69, 9.17) is 23.2 Å². The maximum Gasteiger partial charge on any atom is 0.219 e. The lowest BCUT2D eigenvalue weighted by atomic mass is 10.2. The highest BCUT2D eigenvalue weighted by Crippen LogP contribution is 2.40. The summed E-state index contributed by atoms with van der Waals surface area (Å²) in [6, 6.07) is 7.10. The number of nitrogens with zero attached hydrogens (tertiary/aromatic N) is 3. The fraction of sp³-hybridized carbons (Fsp3) is 0.333. The van der Waals surface area contributed by atoms with Crippen molar-refractivity contribution in [2.24, 2.45) is 0 Å². The van der Waals surface area contributed by atoms with E-state index >= 15 is 0 Å². The molecule has 2 amide bonds. The van der Waals surface area contributed by atoms with Gasteiger partial charge in [0.15, 0.2) is 0 Å². The minimum atomic E-state index is 0.114. The minimum Gasteiger partial charge on any atom is -0.340 e. The van der Waals surface area contributed by atoms with E-state index in [2.05, 4.69) is 4.90 Å². The molecule has 1 aliphatic heterocycles. The molecule has 0 N–H and O–H groups in total. The van der Waals surface area contributed by atoms with Gasteiger partial charge < -0.3 is 4.90 Å². The maximum absolute atomic E-state index is 11.7. The average Bonchev–Trinajstić information content (AvgIpc) is 2.97. The van der Waals surface area contributed by atoms with Gasteiger partial charge >= 0.3 is 0 Å². The van der Waals surface area contributed by atoms with Crippen molar-refractivity contribution < 1.29 is 9.59 Å². The summed E-state index contributed by atoms with van der Waals surface area (Å²) in [5.41, 5.74) is 1.66. The topological polar surface area (TPSA) is 43.9 Å². The lowest BCUT2D eigenvalue weighted by Crippen LogP contribution is -2.47. The summed E-state index contributed by atoms with van der Waals surface area (Å²) in [5, 5.41) is 3.80. The van der Waals surface area contributed by atoms with E-state index in [1.54, 1.807) is 25.1 Å². The smallest absolute Gasteiger partial charge is 0.219 e. The van der Waals surface area contributed by atoms with Gasteiger partial charge in [-0.3, -0.25) is 19.4 Å². The lowest BCUT2D eigenvalue weighted by Gasteiger charge is -2.34. The average molecular weight is 412 g/mol. The van der Waals surface area contributed by atoms with Gasteiger partial charge in [0, 0.05) is 44.7 Å². The Morgan fingerprint density at radius 1 is 1.27 bits per heavy atom. The minimum absolute atomic E-state index is 0.114. The molecule has 2 heterocycles. The van der Waals surface area contributed by atoms with Crippen LogP contribution in [0.1, 0.15) is 12.5 Å². The molecule has 1 fully saturated rings. The number of amides is 2. The number of halogens is 2. The van der Waals surface area contributed by atoms with Crippen molar-refractivity contribution in [2.75, 3.05) is 31.1 Å². The molecular weight excluding hydrogens is 393 g/mol. The molecule has 0 radical (unpaired) electrons. The quantitative estimate of drug-likeness (QED) is 0.697. The van der Waals surface area contributed by atoms with E-state index in [1.807, 2.05) is 16.3 Å². The van der Waals surface area contributed by atoms with Crippen LogP contribution in [0.5, 0.6) is 0 Å². The van der Waals surface area contributed by atoms with Crippen molar-refractivity contribution in [1.82, 2.24) is 9.80 Å². The number of thiophene rings is 1. The van der Waals surface area contributed by atoms with Crippen LogP contribution in [0.15, 0.2) is 29.6 Å². The van der Waals surface area contributed by atoms with Crippen molar-refractivity contribution >= 4 is 57.5 Å². The summed E-state index contributed by atoms with van der Waals surface area (Å²) >= 11 is 14.0. The van der Waals surface area contributed by atoms with Crippen LogP contribution in [0.2, 0.25) is 10.0 Å². The van der Waals surface area contributed by atoms with E-state index in [-0.39, 0.29) is 5.91 Å². The number of piperazine rings is 1. The number of carbonyl (C=O) groups excluding carboxylic acids is 2. The van der Waals surface area contributed by atoms with Gasteiger partial charge in [-0.05, 0) is 29.1 Å². The van der Waals surface area contributed by atoms with Gasteiger partial charge in [0.25, 0.3) is 0 Å². The largest absolute Gasteiger partial charge is 0.340 e. The molecule has 0 spiro atoms. The van der Waals surface area contributed by atoms with E-state index in [0.29, 0.717) is 27.3 Å². The van der Waals surface area contributed by atoms with Crippen molar-refractivity contribution in [3.05, 3.63) is 45.3 Å². The molecule has 0 saturated carbocycles. The number of benzene rings is 1. The molecule has 0 unspecified atom stereocenters. The zero-order valence-electron chi connectivity index (χ0n) is 14.3. The van der Waals surface area contributed by atoms with Crippen LogP contribution in [0.3, 0.4) is 0 Å². The van der Waals surface area contributed by atoms with E-state index in [9.17, 15) is 9.59 Å². The summed E-state index contributed by atoms with van der Waals surface area (Å²) in [6.07, 6.45) is 0.749. The summed E-state index contributed by atoms with van der Waals surface area (Å²) < 4.78 is 0. The SMILES string of the molecule is CC(=O)N1CCN(Cc2csc(N(C=O)c3cccc(Cl)c3)c2Cl)CC1. The molecule has 138 valence electrons. The van der Waals surface area contributed by atoms with Gasteiger partial charge in [0.05, 0.1) is 10.7 Å². The molecule has 3 rings (SSSR count). The second-order valence-corrected chi connectivity index (χ2v) is 7.79. The third kappa shape index (κ3) is 4.20. The maximum atomic E-state index is 11.7. The second-order valence-electron chi connectivity index (χ2n) is 6.12. The summed E-state index contributed by atoms with van der Waals surface area (Å²) in [7, 11) is 0. The molecule has 1 saturated heterocycles. The molecule has 1 aliphatic rings. The molecule has 1 aromatic heterocycles. The zero-order chi connectivity index (χ0) is 18.7. The summed E-state index contributed by atoms with van der Waals surface area (Å²) in [4.78, 5) is 28.7. The molecule has 0 atom stereocenters. The highest BCUT2D eigenvalue weighted by Gasteiger charge is 2.22. The predicted molar refractivity (Wildman–Crippen MR) is 107 cm³/mol. The van der Waals surface area contributed by atoms with Gasteiger partial charge in [-0.25, -0.2) is 0 Å². The molecule has 1 aromatic carbocycles. The highest BCUT2D eigenvalue weighted by atomic mass is 35.5. The Labute approximate surface area is 166 Å². The Hall–Kier alpha value is -1.60. The van der Waals surface area contributed by atoms with Gasteiger partial charge in [-0.15, -0.1) is 11.3 Å². The first-order chi connectivity index (χ1) is 12.5. The van der Waals surface area contributed by atoms with E-state index in [1.165, 1.54) is 16.2 Å². The standard InChI is InChI=1S/C18H19Cl2N3O2S/c1-13(25)22-7-5-21(6-8-22)10-14-11-26-18(17(14)20)23(12-24)16-4-2-3-15(19)9-16/h2-4,9,11-12H,5-8,10H2,1H3. The summed E-state index contributed by atoms with van der Waals surface area (Å²) in [5.74, 6) is 0.114. The third-order valence-corrected chi connectivity index (χ3v) is 6.20. The fourth-order valence-corrected chi connectivity index (χ4v) is 4.48.